The van der Waals surface area contributed by atoms with Gasteiger partial charge in [0.15, 0.2) is 0 Å². The Morgan fingerprint density at radius 2 is 1.59 bits per heavy atom. The van der Waals surface area contributed by atoms with Crippen LogP contribution in [-0.2, 0) is 6.54 Å². The largest absolute Gasteiger partial charge is 0.353 e. The lowest BCUT2D eigenvalue weighted by Gasteiger charge is -2.31. The molecule has 1 atom stereocenters. The first-order valence-corrected chi connectivity index (χ1v) is 12.6. The summed E-state index contributed by atoms with van der Waals surface area (Å²) in [4.78, 5) is 5.04. The Kier molecular flexibility index (Phi) is 7.44. The number of aromatic nitrogens is 1. The highest BCUT2D eigenvalue weighted by Crippen LogP contribution is 2.48. The van der Waals surface area contributed by atoms with Gasteiger partial charge in [0.2, 0.25) is 0 Å². The van der Waals surface area contributed by atoms with Crippen molar-refractivity contribution in [2.45, 2.75) is 46.6 Å². The maximum Gasteiger partial charge on any atom is 0.0684 e. The van der Waals surface area contributed by atoms with E-state index in [2.05, 4.69) is 83.8 Å². The molecule has 32 heavy (non-hydrogen) atoms. The number of nitrogens with one attached hydrogen (secondary N) is 1. The molecule has 3 aromatic rings. The van der Waals surface area contributed by atoms with Crippen molar-refractivity contribution in [3.63, 3.8) is 0 Å². The fraction of sp³-hybridized carbons (Fsp3) is 0.481. The van der Waals surface area contributed by atoms with Gasteiger partial charge in [-0.3, -0.25) is 0 Å². The summed E-state index contributed by atoms with van der Waals surface area (Å²) in [6.07, 6.45) is 1.11. The number of rotatable bonds is 10. The monoisotopic (exact) mass is 452 g/mol. The van der Waals surface area contributed by atoms with E-state index in [9.17, 15) is 0 Å². The molecule has 0 spiro atoms. The van der Waals surface area contributed by atoms with Crippen molar-refractivity contribution in [1.29, 1.82) is 0 Å². The quantitative estimate of drug-likeness (QED) is 0.377. The summed E-state index contributed by atoms with van der Waals surface area (Å²) >= 11 is 6.47. The predicted octanol–water partition coefficient (Wildman–Crippen LogP) is 6.56. The van der Waals surface area contributed by atoms with Crippen LogP contribution in [-0.4, -0.2) is 53.6 Å². The Bertz CT molecular complexity index is 1050. The van der Waals surface area contributed by atoms with Crippen LogP contribution in [0.25, 0.3) is 10.9 Å². The van der Waals surface area contributed by atoms with E-state index in [1.54, 1.807) is 0 Å². The molecule has 2 aromatic carbocycles. The summed E-state index contributed by atoms with van der Waals surface area (Å²) in [7, 11) is 0. The van der Waals surface area contributed by atoms with E-state index in [1.165, 1.54) is 33.5 Å². The molecule has 5 heteroatoms. The van der Waals surface area contributed by atoms with Crippen LogP contribution >= 0.6 is 11.6 Å². The second-order valence-electron chi connectivity index (χ2n) is 8.68. The highest BCUT2D eigenvalue weighted by atomic mass is 35.5. The van der Waals surface area contributed by atoms with Crippen LogP contribution in [0, 0.1) is 0 Å². The minimum absolute atomic E-state index is 0.367. The molecule has 1 unspecified atom stereocenters. The van der Waals surface area contributed by atoms with Gasteiger partial charge < -0.3 is 19.7 Å². The first-order valence-electron chi connectivity index (χ1n) is 12.2. The summed E-state index contributed by atoms with van der Waals surface area (Å²) in [5.74, 6) is 0.367. The molecule has 0 radical (unpaired) electrons. The Labute approximate surface area is 198 Å². The van der Waals surface area contributed by atoms with Crippen molar-refractivity contribution in [2.24, 2.45) is 0 Å². The van der Waals surface area contributed by atoms with Gasteiger partial charge in [-0.1, -0.05) is 57.5 Å². The number of anilines is 2. The van der Waals surface area contributed by atoms with Crippen molar-refractivity contribution >= 4 is 33.9 Å². The zero-order valence-electron chi connectivity index (χ0n) is 20.0. The van der Waals surface area contributed by atoms with E-state index in [-0.39, 0.29) is 0 Å². The van der Waals surface area contributed by atoms with Crippen LogP contribution in [0.15, 0.2) is 42.5 Å². The van der Waals surface area contributed by atoms with Crippen LogP contribution in [0.5, 0.6) is 0 Å². The predicted molar refractivity (Wildman–Crippen MR) is 139 cm³/mol. The molecule has 2 heterocycles. The molecule has 0 saturated carbocycles. The highest BCUT2D eigenvalue weighted by molar-refractivity contribution is 6.31. The number of benzene rings is 2. The minimum atomic E-state index is 0.367. The summed E-state index contributed by atoms with van der Waals surface area (Å²) in [5, 5.41) is 5.81. The standard InChI is InChI=1S/C27H37ClN4/c1-5-30(6-2)16-15-22-21-11-9-10-12-24(21)29-26-23-19-20(28)13-14-25(23)32(27(22)26)18-17-31(7-3)8-4/h9-14,19,22,29H,5-8,15-18H2,1-4H3. The van der Waals surface area contributed by atoms with E-state index in [0.717, 1.165) is 57.3 Å². The Morgan fingerprint density at radius 1 is 0.906 bits per heavy atom. The van der Waals surface area contributed by atoms with Gasteiger partial charge in [0.05, 0.1) is 16.9 Å². The van der Waals surface area contributed by atoms with E-state index >= 15 is 0 Å². The maximum absolute atomic E-state index is 6.47. The molecule has 1 N–H and O–H groups in total. The van der Waals surface area contributed by atoms with Gasteiger partial charge in [-0.05, 0) is 69.0 Å². The van der Waals surface area contributed by atoms with Crippen LogP contribution in [0.2, 0.25) is 5.02 Å². The molecule has 1 aliphatic heterocycles. The number of halogens is 1. The van der Waals surface area contributed by atoms with Gasteiger partial charge in [0.25, 0.3) is 0 Å². The number of likely N-dealkylation sites (N-methyl/N-ethyl adjacent to an activating group) is 1. The minimum Gasteiger partial charge on any atom is -0.353 e. The first-order chi connectivity index (χ1) is 15.6. The molecule has 1 aromatic heterocycles. The molecule has 1 aliphatic rings. The topological polar surface area (TPSA) is 23.4 Å². The fourth-order valence-electron chi connectivity index (χ4n) is 5.20. The van der Waals surface area contributed by atoms with Gasteiger partial charge in [-0.15, -0.1) is 0 Å². The van der Waals surface area contributed by atoms with Gasteiger partial charge in [-0.25, -0.2) is 0 Å². The van der Waals surface area contributed by atoms with E-state index < -0.39 is 0 Å². The second kappa shape index (κ2) is 10.3. The van der Waals surface area contributed by atoms with Crippen LogP contribution in [0.4, 0.5) is 11.4 Å². The number of fused-ring (bicyclic) bond motifs is 4. The van der Waals surface area contributed by atoms with Gasteiger partial charge in [-0.2, -0.15) is 0 Å². The zero-order valence-corrected chi connectivity index (χ0v) is 20.8. The third-order valence-electron chi connectivity index (χ3n) is 7.15. The highest BCUT2D eigenvalue weighted by Gasteiger charge is 2.31. The van der Waals surface area contributed by atoms with Crippen molar-refractivity contribution in [2.75, 3.05) is 44.6 Å². The third kappa shape index (κ3) is 4.41. The van der Waals surface area contributed by atoms with Crippen molar-refractivity contribution in [3.8, 4) is 0 Å². The average Bonchev–Trinajstić information content (AvgIpc) is 3.12. The van der Waals surface area contributed by atoms with Crippen LogP contribution < -0.4 is 5.32 Å². The summed E-state index contributed by atoms with van der Waals surface area (Å²) in [5.41, 5.74) is 6.57. The van der Waals surface area contributed by atoms with Gasteiger partial charge >= 0.3 is 0 Å². The van der Waals surface area contributed by atoms with Crippen molar-refractivity contribution in [3.05, 3.63) is 58.7 Å². The molecular weight excluding hydrogens is 416 g/mol. The normalized spacial score (nSPS) is 15.3. The second-order valence-corrected chi connectivity index (χ2v) is 9.12. The molecular formula is C27H37ClN4. The fourth-order valence-corrected chi connectivity index (χ4v) is 5.37. The Balaban J connectivity index is 1.83. The molecule has 4 nitrogen and oxygen atoms in total. The number of nitrogens with zero attached hydrogens (tertiary/aromatic N) is 3. The van der Waals surface area contributed by atoms with Crippen molar-refractivity contribution < 1.29 is 0 Å². The lowest BCUT2D eigenvalue weighted by Crippen LogP contribution is -2.29. The van der Waals surface area contributed by atoms with E-state index in [0.29, 0.717) is 5.92 Å². The molecule has 0 fully saturated rings. The molecule has 4 rings (SSSR count). The molecule has 0 amide bonds. The van der Waals surface area contributed by atoms with Crippen LogP contribution in [0.3, 0.4) is 0 Å². The van der Waals surface area contributed by atoms with Crippen molar-refractivity contribution in [1.82, 2.24) is 14.4 Å². The molecule has 0 bridgehead atoms. The average molecular weight is 453 g/mol. The molecule has 0 aliphatic carbocycles. The van der Waals surface area contributed by atoms with Gasteiger partial charge in [0.1, 0.15) is 0 Å². The Hall–Kier alpha value is -2.01. The van der Waals surface area contributed by atoms with E-state index in [4.69, 9.17) is 11.6 Å². The first kappa shape index (κ1) is 23.2. The maximum atomic E-state index is 6.47. The summed E-state index contributed by atoms with van der Waals surface area (Å²) in [6, 6.07) is 15.2. The number of hydrogen-bond acceptors (Lipinski definition) is 3. The zero-order chi connectivity index (χ0) is 22.7. The summed E-state index contributed by atoms with van der Waals surface area (Å²) in [6.45, 7) is 16.5. The smallest absolute Gasteiger partial charge is 0.0684 e. The number of hydrogen-bond donors (Lipinski definition) is 1. The SMILES string of the molecule is CCN(CC)CCC1c2ccccc2Nc2c1n(CCN(CC)CC)c1ccc(Cl)cc21. The Morgan fingerprint density at radius 3 is 2.31 bits per heavy atom. The lowest BCUT2D eigenvalue weighted by molar-refractivity contribution is 0.285. The summed E-state index contributed by atoms with van der Waals surface area (Å²) < 4.78 is 2.56. The van der Waals surface area contributed by atoms with Crippen LogP contribution in [0.1, 0.15) is 51.3 Å². The van der Waals surface area contributed by atoms with E-state index in [1.807, 2.05) is 6.07 Å². The molecule has 172 valence electrons. The lowest BCUT2D eigenvalue weighted by atomic mass is 9.87. The number of para-hydroxylation sites is 1. The van der Waals surface area contributed by atoms with Gasteiger partial charge in [0, 0.05) is 35.1 Å². The third-order valence-corrected chi connectivity index (χ3v) is 7.39. The molecule has 0 saturated heterocycles.